The van der Waals surface area contributed by atoms with Crippen molar-refractivity contribution in [1.29, 1.82) is 0 Å². The molecule has 0 saturated heterocycles. The number of rotatable bonds is 4. The van der Waals surface area contributed by atoms with Gasteiger partial charge in [-0.25, -0.2) is 0 Å². The van der Waals surface area contributed by atoms with Crippen LogP contribution in [0.2, 0.25) is 0 Å². The third-order valence-corrected chi connectivity index (χ3v) is 3.12. The van der Waals surface area contributed by atoms with Crippen molar-refractivity contribution in [2.75, 3.05) is 0 Å². The minimum absolute atomic E-state index is 0.273. The lowest BCUT2D eigenvalue weighted by Gasteiger charge is -2.09. The first-order valence-electron chi connectivity index (χ1n) is 4.98. The van der Waals surface area contributed by atoms with Gasteiger partial charge in [0.2, 0.25) is 0 Å². The molecule has 0 heterocycles. The second-order valence-corrected chi connectivity index (χ2v) is 4.69. The molecule has 0 N–H and O–H groups in total. The van der Waals surface area contributed by atoms with E-state index < -0.39 is 0 Å². The molecule has 1 aromatic rings. The van der Waals surface area contributed by atoms with E-state index in [2.05, 4.69) is 19.1 Å². The zero-order valence-corrected chi connectivity index (χ0v) is 9.51. The van der Waals surface area contributed by atoms with Crippen molar-refractivity contribution in [2.24, 2.45) is 0 Å². The molecule has 1 aromatic carbocycles. The van der Waals surface area contributed by atoms with Crippen LogP contribution in [0.5, 0.6) is 0 Å². The van der Waals surface area contributed by atoms with Crippen molar-refractivity contribution >= 4 is 16.9 Å². The molecule has 0 aliphatic heterocycles. The van der Waals surface area contributed by atoms with E-state index in [1.807, 2.05) is 25.1 Å². The topological polar surface area (TPSA) is 17.1 Å². The standard InChI is InChI=1S/C12H16OS/c1-3-7-12(13)14-10(2)11-8-5-4-6-9-11/h4-6,8-10H,3,7H2,1-2H3. The Bertz CT molecular complexity index is 282. The highest BCUT2D eigenvalue weighted by Crippen LogP contribution is 2.29. The van der Waals surface area contributed by atoms with Gasteiger partial charge in [0.25, 0.3) is 0 Å². The van der Waals surface area contributed by atoms with Gasteiger partial charge in [0, 0.05) is 11.7 Å². The second-order valence-electron chi connectivity index (χ2n) is 3.29. The number of thioether (sulfide) groups is 1. The summed E-state index contributed by atoms with van der Waals surface area (Å²) in [5.74, 6) is 0. The van der Waals surface area contributed by atoms with Crippen molar-refractivity contribution in [1.82, 2.24) is 0 Å². The van der Waals surface area contributed by atoms with Crippen LogP contribution in [0.25, 0.3) is 0 Å². The predicted octanol–water partition coefficient (Wildman–Crippen LogP) is 3.81. The monoisotopic (exact) mass is 208 g/mol. The van der Waals surface area contributed by atoms with Crippen LogP contribution in [0, 0.1) is 0 Å². The number of hydrogen-bond donors (Lipinski definition) is 0. The summed E-state index contributed by atoms with van der Waals surface area (Å²) in [7, 11) is 0. The summed E-state index contributed by atoms with van der Waals surface area (Å²) in [5, 5.41) is 0.569. The smallest absolute Gasteiger partial charge is 0.189 e. The minimum atomic E-state index is 0.273. The van der Waals surface area contributed by atoms with Crippen molar-refractivity contribution < 1.29 is 4.79 Å². The van der Waals surface area contributed by atoms with Gasteiger partial charge in [-0.05, 0) is 18.9 Å². The maximum absolute atomic E-state index is 11.4. The first kappa shape index (κ1) is 11.3. The number of carbonyl (C=O) groups is 1. The number of benzene rings is 1. The molecule has 76 valence electrons. The van der Waals surface area contributed by atoms with Gasteiger partial charge in [-0.1, -0.05) is 49.0 Å². The maximum Gasteiger partial charge on any atom is 0.189 e. The molecule has 0 spiro atoms. The average Bonchev–Trinajstić information content (AvgIpc) is 2.19. The normalized spacial score (nSPS) is 12.4. The fourth-order valence-electron chi connectivity index (χ4n) is 1.25. The van der Waals surface area contributed by atoms with Gasteiger partial charge >= 0.3 is 0 Å². The van der Waals surface area contributed by atoms with Gasteiger partial charge in [0.1, 0.15) is 0 Å². The van der Waals surface area contributed by atoms with Crippen LogP contribution in [-0.4, -0.2) is 5.12 Å². The predicted molar refractivity (Wildman–Crippen MR) is 62.4 cm³/mol. The summed E-state index contributed by atoms with van der Waals surface area (Å²) in [5.41, 5.74) is 1.22. The summed E-state index contributed by atoms with van der Waals surface area (Å²) < 4.78 is 0. The molecule has 1 nitrogen and oxygen atoms in total. The zero-order chi connectivity index (χ0) is 10.4. The summed E-state index contributed by atoms with van der Waals surface area (Å²) in [6.45, 7) is 4.11. The quantitative estimate of drug-likeness (QED) is 0.748. The third kappa shape index (κ3) is 3.54. The van der Waals surface area contributed by atoms with Gasteiger partial charge in [0.05, 0.1) is 0 Å². The molecule has 1 atom stereocenters. The summed E-state index contributed by atoms with van der Waals surface area (Å²) in [6, 6.07) is 10.1. The van der Waals surface area contributed by atoms with Crippen molar-refractivity contribution in [3.8, 4) is 0 Å². The number of carbonyl (C=O) groups excluding carboxylic acids is 1. The molecule has 0 saturated carbocycles. The first-order chi connectivity index (χ1) is 6.74. The van der Waals surface area contributed by atoms with Gasteiger partial charge < -0.3 is 0 Å². The third-order valence-electron chi connectivity index (χ3n) is 2.03. The number of hydrogen-bond acceptors (Lipinski definition) is 2. The molecule has 0 radical (unpaired) electrons. The second kappa shape index (κ2) is 5.86. The average molecular weight is 208 g/mol. The van der Waals surface area contributed by atoms with Crippen molar-refractivity contribution in [2.45, 2.75) is 31.9 Å². The van der Waals surface area contributed by atoms with Gasteiger partial charge in [0.15, 0.2) is 5.12 Å². The molecular formula is C12H16OS. The Morgan fingerprint density at radius 3 is 2.57 bits per heavy atom. The SMILES string of the molecule is CCCC(=O)SC(C)c1ccccc1. The first-order valence-corrected chi connectivity index (χ1v) is 5.86. The van der Waals surface area contributed by atoms with E-state index in [4.69, 9.17) is 0 Å². The Hall–Kier alpha value is -0.760. The van der Waals surface area contributed by atoms with Crippen LogP contribution in [0.15, 0.2) is 30.3 Å². The van der Waals surface area contributed by atoms with Crippen LogP contribution in [-0.2, 0) is 4.79 Å². The van der Waals surface area contributed by atoms with Crippen LogP contribution < -0.4 is 0 Å². The Labute approximate surface area is 89.9 Å². The van der Waals surface area contributed by atoms with Crippen LogP contribution >= 0.6 is 11.8 Å². The highest BCUT2D eigenvalue weighted by Gasteiger charge is 2.10. The van der Waals surface area contributed by atoms with E-state index in [1.54, 1.807) is 0 Å². The highest BCUT2D eigenvalue weighted by atomic mass is 32.2. The Kier molecular flexibility index (Phi) is 4.74. The molecule has 0 aliphatic rings. The Morgan fingerprint density at radius 2 is 2.00 bits per heavy atom. The summed E-state index contributed by atoms with van der Waals surface area (Å²) >= 11 is 1.44. The van der Waals surface area contributed by atoms with Gasteiger partial charge in [-0.2, -0.15) is 0 Å². The fraction of sp³-hybridized carbons (Fsp3) is 0.417. The fourth-order valence-corrected chi connectivity index (χ4v) is 2.26. The highest BCUT2D eigenvalue weighted by molar-refractivity contribution is 8.13. The van der Waals surface area contributed by atoms with E-state index in [0.717, 1.165) is 6.42 Å². The molecule has 0 aliphatic carbocycles. The molecular weight excluding hydrogens is 192 g/mol. The Morgan fingerprint density at radius 1 is 1.36 bits per heavy atom. The summed E-state index contributed by atoms with van der Waals surface area (Å²) in [6.07, 6.45) is 1.62. The van der Waals surface area contributed by atoms with Crippen LogP contribution in [0.3, 0.4) is 0 Å². The summed E-state index contributed by atoms with van der Waals surface area (Å²) in [4.78, 5) is 11.4. The van der Waals surface area contributed by atoms with Crippen LogP contribution in [0.4, 0.5) is 0 Å². The Balaban J connectivity index is 2.50. The molecule has 1 rings (SSSR count). The lowest BCUT2D eigenvalue weighted by Crippen LogP contribution is -1.95. The molecule has 0 aromatic heterocycles. The van der Waals surface area contributed by atoms with E-state index >= 15 is 0 Å². The molecule has 2 heteroatoms. The minimum Gasteiger partial charge on any atom is -0.287 e. The largest absolute Gasteiger partial charge is 0.287 e. The molecule has 14 heavy (non-hydrogen) atoms. The van der Waals surface area contributed by atoms with E-state index in [0.29, 0.717) is 11.5 Å². The van der Waals surface area contributed by atoms with Gasteiger partial charge in [-0.15, -0.1) is 0 Å². The van der Waals surface area contributed by atoms with E-state index in [-0.39, 0.29) is 5.25 Å². The van der Waals surface area contributed by atoms with Gasteiger partial charge in [-0.3, -0.25) is 4.79 Å². The van der Waals surface area contributed by atoms with Crippen molar-refractivity contribution in [3.63, 3.8) is 0 Å². The molecule has 0 amide bonds. The molecule has 0 bridgehead atoms. The lowest BCUT2D eigenvalue weighted by molar-refractivity contribution is -0.111. The maximum atomic E-state index is 11.4. The van der Waals surface area contributed by atoms with Crippen LogP contribution in [0.1, 0.15) is 37.5 Å². The van der Waals surface area contributed by atoms with E-state index in [1.165, 1.54) is 17.3 Å². The van der Waals surface area contributed by atoms with Crippen molar-refractivity contribution in [3.05, 3.63) is 35.9 Å². The molecule has 0 fully saturated rings. The lowest BCUT2D eigenvalue weighted by atomic mass is 10.2. The molecule has 1 unspecified atom stereocenters. The van der Waals surface area contributed by atoms with E-state index in [9.17, 15) is 4.79 Å². The zero-order valence-electron chi connectivity index (χ0n) is 8.69.